The van der Waals surface area contributed by atoms with Crippen LogP contribution in [0.5, 0.6) is 0 Å². The standard InChI is InChI=1S/C12H14FNO6S/c1-3-20-12(17)8-4-9(13)6-10(5-8)21(18,19)14-7(2)11(15)16/h4-7,14H,3H2,1-2H3,(H,15,16)/t7-/m0/s1. The zero-order valence-corrected chi connectivity index (χ0v) is 12.1. The average Bonchev–Trinajstić information content (AvgIpc) is 2.37. The quantitative estimate of drug-likeness (QED) is 0.749. The highest BCUT2D eigenvalue weighted by molar-refractivity contribution is 7.89. The van der Waals surface area contributed by atoms with Gasteiger partial charge in [0.2, 0.25) is 10.0 Å². The van der Waals surface area contributed by atoms with Gasteiger partial charge in [0.25, 0.3) is 0 Å². The molecular formula is C12H14FNO6S. The first-order chi connectivity index (χ1) is 9.67. The normalized spacial score (nSPS) is 12.7. The van der Waals surface area contributed by atoms with Gasteiger partial charge >= 0.3 is 11.9 Å². The van der Waals surface area contributed by atoms with Crippen molar-refractivity contribution in [3.8, 4) is 0 Å². The van der Waals surface area contributed by atoms with Gasteiger partial charge in [0.05, 0.1) is 17.1 Å². The zero-order valence-electron chi connectivity index (χ0n) is 11.3. The highest BCUT2D eigenvalue weighted by atomic mass is 32.2. The molecule has 0 spiro atoms. The summed E-state index contributed by atoms with van der Waals surface area (Å²) in [5.74, 6) is -3.22. The van der Waals surface area contributed by atoms with Gasteiger partial charge in [0.1, 0.15) is 11.9 Å². The molecule has 0 saturated heterocycles. The monoisotopic (exact) mass is 319 g/mol. The summed E-state index contributed by atoms with van der Waals surface area (Å²) in [6.45, 7) is 2.71. The minimum absolute atomic E-state index is 0.0473. The summed E-state index contributed by atoms with van der Waals surface area (Å²) < 4.78 is 43.8. The van der Waals surface area contributed by atoms with Gasteiger partial charge in [-0.25, -0.2) is 17.6 Å². The van der Waals surface area contributed by atoms with Crippen molar-refractivity contribution in [3.63, 3.8) is 0 Å². The zero-order chi connectivity index (χ0) is 16.2. The molecular weight excluding hydrogens is 305 g/mol. The van der Waals surface area contributed by atoms with E-state index in [1.807, 2.05) is 4.72 Å². The fourth-order valence-electron chi connectivity index (χ4n) is 1.40. The predicted molar refractivity (Wildman–Crippen MR) is 69.8 cm³/mol. The molecule has 1 aromatic rings. The van der Waals surface area contributed by atoms with Crippen LogP contribution in [0, 0.1) is 5.82 Å². The number of carboxylic acids is 1. The molecule has 0 radical (unpaired) electrons. The third-order valence-corrected chi connectivity index (χ3v) is 3.92. The van der Waals surface area contributed by atoms with E-state index in [0.717, 1.165) is 19.1 Å². The molecule has 1 atom stereocenters. The number of sulfonamides is 1. The SMILES string of the molecule is CCOC(=O)c1cc(F)cc(S(=O)(=O)N[C@@H](C)C(=O)O)c1. The topological polar surface area (TPSA) is 110 Å². The van der Waals surface area contributed by atoms with E-state index in [1.165, 1.54) is 0 Å². The molecule has 2 N–H and O–H groups in total. The number of aliphatic carboxylic acids is 1. The number of halogens is 1. The number of hydrogen-bond acceptors (Lipinski definition) is 5. The minimum atomic E-state index is -4.28. The van der Waals surface area contributed by atoms with E-state index in [2.05, 4.69) is 4.74 Å². The first kappa shape index (κ1) is 17.1. The number of carbonyl (C=O) groups is 2. The van der Waals surface area contributed by atoms with E-state index >= 15 is 0 Å². The fraction of sp³-hybridized carbons (Fsp3) is 0.333. The largest absolute Gasteiger partial charge is 0.480 e. The summed E-state index contributed by atoms with van der Waals surface area (Å²) in [4.78, 5) is 21.6. The maximum Gasteiger partial charge on any atom is 0.338 e. The van der Waals surface area contributed by atoms with Crippen LogP contribution in [0.3, 0.4) is 0 Å². The molecule has 7 nitrogen and oxygen atoms in total. The molecule has 0 aliphatic heterocycles. The van der Waals surface area contributed by atoms with E-state index in [4.69, 9.17) is 5.11 Å². The van der Waals surface area contributed by atoms with Gasteiger partial charge in [-0.1, -0.05) is 0 Å². The van der Waals surface area contributed by atoms with Crippen LogP contribution in [0.25, 0.3) is 0 Å². The molecule has 21 heavy (non-hydrogen) atoms. The molecule has 0 fully saturated rings. The Kier molecular flexibility index (Phi) is 5.39. The van der Waals surface area contributed by atoms with Gasteiger partial charge in [-0.3, -0.25) is 4.79 Å². The Morgan fingerprint density at radius 3 is 2.52 bits per heavy atom. The van der Waals surface area contributed by atoms with Crippen molar-refractivity contribution >= 4 is 22.0 Å². The molecule has 1 rings (SSSR count). The summed E-state index contributed by atoms with van der Waals surface area (Å²) in [5, 5.41) is 8.68. The van der Waals surface area contributed by atoms with E-state index in [9.17, 15) is 22.4 Å². The Hall–Kier alpha value is -2.00. The van der Waals surface area contributed by atoms with Gasteiger partial charge in [-0.05, 0) is 32.0 Å². The Balaban J connectivity index is 3.18. The van der Waals surface area contributed by atoms with E-state index in [1.54, 1.807) is 6.92 Å². The van der Waals surface area contributed by atoms with Crippen molar-refractivity contribution in [1.82, 2.24) is 4.72 Å². The Morgan fingerprint density at radius 1 is 1.38 bits per heavy atom. The van der Waals surface area contributed by atoms with Crippen molar-refractivity contribution < 1.29 is 32.2 Å². The summed E-state index contributed by atoms with van der Waals surface area (Å²) >= 11 is 0. The van der Waals surface area contributed by atoms with E-state index in [-0.39, 0.29) is 12.2 Å². The lowest BCUT2D eigenvalue weighted by Gasteiger charge is -2.11. The number of benzene rings is 1. The highest BCUT2D eigenvalue weighted by Crippen LogP contribution is 2.16. The number of esters is 1. The number of nitrogens with one attached hydrogen (secondary N) is 1. The molecule has 0 bridgehead atoms. The van der Waals surface area contributed by atoms with Crippen molar-refractivity contribution in [2.24, 2.45) is 0 Å². The first-order valence-corrected chi connectivity index (χ1v) is 7.38. The number of rotatable bonds is 6. The van der Waals surface area contributed by atoms with E-state index < -0.39 is 38.7 Å². The lowest BCUT2D eigenvalue weighted by Crippen LogP contribution is -2.38. The first-order valence-electron chi connectivity index (χ1n) is 5.90. The minimum Gasteiger partial charge on any atom is -0.480 e. The van der Waals surface area contributed by atoms with E-state index in [0.29, 0.717) is 6.07 Å². The molecule has 1 aromatic carbocycles. The van der Waals surface area contributed by atoms with Crippen LogP contribution in [-0.2, 0) is 19.6 Å². The van der Waals surface area contributed by atoms with Gasteiger partial charge in [-0.2, -0.15) is 4.72 Å². The maximum atomic E-state index is 13.4. The molecule has 0 saturated carbocycles. The highest BCUT2D eigenvalue weighted by Gasteiger charge is 2.23. The van der Waals surface area contributed by atoms with Crippen molar-refractivity contribution in [2.75, 3.05) is 6.61 Å². The molecule has 116 valence electrons. The van der Waals surface area contributed by atoms with Crippen LogP contribution in [0.15, 0.2) is 23.1 Å². The van der Waals surface area contributed by atoms with Crippen molar-refractivity contribution in [2.45, 2.75) is 24.8 Å². The van der Waals surface area contributed by atoms with Crippen molar-refractivity contribution in [3.05, 3.63) is 29.6 Å². The van der Waals surface area contributed by atoms with Crippen LogP contribution in [-0.4, -0.2) is 38.1 Å². The number of ether oxygens (including phenoxy) is 1. The van der Waals surface area contributed by atoms with Crippen molar-refractivity contribution in [1.29, 1.82) is 0 Å². The molecule has 0 heterocycles. The molecule has 9 heteroatoms. The second kappa shape index (κ2) is 6.64. The smallest absolute Gasteiger partial charge is 0.338 e. The molecule has 0 unspecified atom stereocenters. The summed E-state index contributed by atoms with van der Waals surface area (Å²) in [6.07, 6.45) is 0. The van der Waals surface area contributed by atoms with Gasteiger partial charge in [-0.15, -0.1) is 0 Å². The van der Waals surface area contributed by atoms with Crippen LogP contribution in [0.2, 0.25) is 0 Å². The fourth-order valence-corrected chi connectivity index (χ4v) is 2.65. The van der Waals surface area contributed by atoms with Crippen LogP contribution < -0.4 is 4.72 Å². The third-order valence-electron chi connectivity index (χ3n) is 2.40. The summed E-state index contributed by atoms with van der Waals surface area (Å²) in [5.41, 5.74) is -0.278. The summed E-state index contributed by atoms with van der Waals surface area (Å²) in [6, 6.07) is 1.03. The number of carboxylic acid groups (broad SMARTS) is 1. The van der Waals surface area contributed by atoms with Gasteiger partial charge in [0.15, 0.2) is 0 Å². The summed E-state index contributed by atoms with van der Waals surface area (Å²) in [7, 11) is -4.28. The van der Waals surface area contributed by atoms with Crippen LogP contribution in [0.1, 0.15) is 24.2 Å². The third kappa shape index (κ3) is 4.50. The van der Waals surface area contributed by atoms with Gasteiger partial charge < -0.3 is 9.84 Å². The number of hydrogen-bond donors (Lipinski definition) is 2. The second-order valence-corrected chi connectivity index (χ2v) is 5.79. The maximum absolute atomic E-state index is 13.4. The number of carbonyl (C=O) groups excluding carboxylic acids is 1. The molecule has 0 amide bonds. The van der Waals surface area contributed by atoms with Crippen LogP contribution in [0.4, 0.5) is 4.39 Å². The van der Waals surface area contributed by atoms with Gasteiger partial charge in [0, 0.05) is 0 Å². The average molecular weight is 319 g/mol. The second-order valence-electron chi connectivity index (χ2n) is 4.08. The van der Waals surface area contributed by atoms with Crippen LogP contribution >= 0.6 is 0 Å². The lowest BCUT2D eigenvalue weighted by atomic mass is 10.2. The Morgan fingerprint density at radius 2 is 2.00 bits per heavy atom. The molecule has 0 aromatic heterocycles. The molecule has 0 aliphatic carbocycles. The predicted octanol–water partition coefficient (Wildman–Crippen LogP) is 0.754. The Bertz CT molecular complexity index is 658. The Labute approximate surface area is 120 Å². The molecule has 0 aliphatic rings. The lowest BCUT2D eigenvalue weighted by molar-refractivity contribution is -0.138.